The summed E-state index contributed by atoms with van der Waals surface area (Å²) in [4.78, 5) is 12.1. The summed E-state index contributed by atoms with van der Waals surface area (Å²) in [6.45, 7) is 6.68. The van der Waals surface area contributed by atoms with E-state index in [-0.39, 0.29) is 5.91 Å². The highest BCUT2D eigenvalue weighted by atomic mass is 16.5. The van der Waals surface area contributed by atoms with Gasteiger partial charge in [0.15, 0.2) is 0 Å². The van der Waals surface area contributed by atoms with Crippen LogP contribution in [0.3, 0.4) is 0 Å². The van der Waals surface area contributed by atoms with E-state index in [9.17, 15) is 4.79 Å². The number of nitrogens with one attached hydrogen (secondary N) is 1. The molecule has 1 amide bonds. The number of unbranched alkanes of at least 4 members (excludes halogenated alkanes) is 12. The molecule has 0 bridgehead atoms. The van der Waals surface area contributed by atoms with E-state index < -0.39 is 0 Å². The lowest BCUT2D eigenvalue weighted by Gasteiger charge is -2.08. The van der Waals surface area contributed by atoms with Crippen LogP contribution in [0.2, 0.25) is 0 Å². The lowest BCUT2D eigenvalue weighted by Crippen LogP contribution is -2.25. The van der Waals surface area contributed by atoms with Crippen LogP contribution in [-0.2, 0) is 4.74 Å². The fraction of sp³-hybridized carbons (Fsp3) is 0.759. The molecule has 1 aromatic rings. The highest BCUT2D eigenvalue weighted by Gasteiger charge is 2.05. The molecule has 0 aromatic heterocycles. The van der Waals surface area contributed by atoms with Gasteiger partial charge in [-0.05, 0) is 43.0 Å². The maximum Gasteiger partial charge on any atom is 0.251 e. The minimum absolute atomic E-state index is 0.0465. The molecule has 0 saturated carbocycles. The summed E-state index contributed by atoms with van der Waals surface area (Å²) >= 11 is 0. The van der Waals surface area contributed by atoms with Gasteiger partial charge in [0.05, 0.1) is 6.61 Å². The minimum atomic E-state index is -0.0465. The van der Waals surface area contributed by atoms with E-state index in [2.05, 4.69) is 19.2 Å². The fourth-order valence-electron chi connectivity index (χ4n) is 4.01. The molecule has 190 valence electrons. The fourth-order valence-corrected chi connectivity index (χ4v) is 4.01. The molecule has 1 N–H and O–H groups in total. The molecule has 33 heavy (non-hydrogen) atoms. The van der Waals surface area contributed by atoms with E-state index in [1.165, 1.54) is 83.5 Å². The Labute approximate surface area is 204 Å². The summed E-state index contributed by atoms with van der Waals surface area (Å²) in [5, 5.41) is 2.90. The minimum Gasteiger partial charge on any atom is -0.494 e. The van der Waals surface area contributed by atoms with E-state index >= 15 is 0 Å². The Hall–Kier alpha value is -1.55. The molecule has 0 atom stereocenters. The van der Waals surface area contributed by atoms with Crippen LogP contribution in [-0.4, -0.2) is 32.8 Å². The average molecular weight is 462 g/mol. The Morgan fingerprint density at radius 3 is 1.76 bits per heavy atom. The number of ether oxygens (including phenoxy) is 2. The van der Waals surface area contributed by atoms with Crippen LogP contribution >= 0.6 is 0 Å². The SMILES string of the molecule is COCCCNC(=O)c1ccc(OCCCCCCCCCCCCCCCC(C)C)cc1. The van der Waals surface area contributed by atoms with Crippen molar-refractivity contribution in [2.75, 3.05) is 26.9 Å². The second-order valence-electron chi connectivity index (χ2n) is 9.75. The van der Waals surface area contributed by atoms with Crippen molar-refractivity contribution >= 4 is 5.91 Å². The first-order chi connectivity index (χ1) is 16.1. The first kappa shape index (κ1) is 29.5. The molecule has 0 aliphatic rings. The molecule has 4 heteroatoms. The largest absolute Gasteiger partial charge is 0.494 e. The van der Waals surface area contributed by atoms with Crippen molar-refractivity contribution in [1.29, 1.82) is 0 Å². The van der Waals surface area contributed by atoms with Crippen molar-refractivity contribution in [1.82, 2.24) is 5.32 Å². The van der Waals surface area contributed by atoms with Crippen LogP contribution < -0.4 is 10.1 Å². The van der Waals surface area contributed by atoms with Gasteiger partial charge in [0, 0.05) is 25.8 Å². The second kappa shape index (κ2) is 21.0. The highest BCUT2D eigenvalue weighted by Crippen LogP contribution is 2.15. The van der Waals surface area contributed by atoms with E-state index in [0.717, 1.165) is 31.1 Å². The molecule has 0 aliphatic carbocycles. The van der Waals surface area contributed by atoms with Gasteiger partial charge < -0.3 is 14.8 Å². The maximum atomic E-state index is 12.1. The van der Waals surface area contributed by atoms with Gasteiger partial charge in [-0.2, -0.15) is 0 Å². The van der Waals surface area contributed by atoms with Gasteiger partial charge in [0.1, 0.15) is 5.75 Å². The average Bonchev–Trinajstić information content (AvgIpc) is 2.81. The molecular formula is C29H51NO3. The first-order valence-electron chi connectivity index (χ1n) is 13.6. The normalized spacial score (nSPS) is 11.2. The van der Waals surface area contributed by atoms with Gasteiger partial charge in [-0.3, -0.25) is 4.79 Å². The number of amides is 1. The lowest BCUT2D eigenvalue weighted by atomic mass is 10.0. The molecule has 0 aliphatic heterocycles. The standard InChI is InChI=1S/C29H51NO3/c1-26(2)18-15-13-11-9-7-5-4-6-8-10-12-14-16-25-33-28-21-19-27(20-22-28)29(31)30-23-17-24-32-3/h19-22,26H,4-18,23-25H2,1-3H3,(H,30,31). The smallest absolute Gasteiger partial charge is 0.251 e. The van der Waals surface area contributed by atoms with Gasteiger partial charge >= 0.3 is 0 Å². The van der Waals surface area contributed by atoms with Crippen molar-refractivity contribution in [2.45, 2.75) is 110 Å². The van der Waals surface area contributed by atoms with E-state index in [4.69, 9.17) is 9.47 Å². The molecule has 0 spiro atoms. The quantitative estimate of drug-likeness (QED) is 0.178. The van der Waals surface area contributed by atoms with Crippen LogP contribution in [0, 0.1) is 5.92 Å². The highest BCUT2D eigenvalue weighted by molar-refractivity contribution is 5.94. The van der Waals surface area contributed by atoms with Gasteiger partial charge in [-0.15, -0.1) is 0 Å². The Morgan fingerprint density at radius 2 is 1.24 bits per heavy atom. The number of hydrogen-bond donors (Lipinski definition) is 1. The van der Waals surface area contributed by atoms with Gasteiger partial charge in [0.2, 0.25) is 0 Å². The number of hydrogen-bond acceptors (Lipinski definition) is 3. The summed E-state index contributed by atoms with van der Waals surface area (Å²) < 4.78 is 10.8. The molecular weight excluding hydrogens is 410 g/mol. The lowest BCUT2D eigenvalue weighted by molar-refractivity contribution is 0.0948. The zero-order valence-corrected chi connectivity index (χ0v) is 21.8. The van der Waals surface area contributed by atoms with Crippen LogP contribution in [0.15, 0.2) is 24.3 Å². The molecule has 0 heterocycles. The van der Waals surface area contributed by atoms with Crippen molar-refractivity contribution in [3.63, 3.8) is 0 Å². The molecule has 1 aromatic carbocycles. The second-order valence-corrected chi connectivity index (χ2v) is 9.75. The van der Waals surface area contributed by atoms with Crippen LogP contribution in [0.1, 0.15) is 121 Å². The van der Waals surface area contributed by atoms with Crippen molar-refractivity contribution in [3.05, 3.63) is 29.8 Å². The van der Waals surface area contributed by atoms with Gasteiger partial charge in [-0.1, -0.05) is 97.3 Å². The predicted octanol–water partition coefficient (Wildman–Crippen LogP) is 7.95. The zero-order chi connectivity index (χ0) is 24.0. The number of benzene rings is 1. The van der Waals surface area contributed by atoms with Gasteiger partial charge in [-0.25, -0.2) is 0 Å². The summed E-state index contributed by atoms with van der Waals surface area (Å²) in [5.41, 5.74) is 0.668. The van der Waals surface area contributed by atoms with E-state index in [1.807, 2.05) is 24.3 Å². The summed E-state index contributed by atoms with van der Waals surface area (Å²) in [7, 11) is 1.67. The molecule has 4 nitrogen and oxygen atoms in total. The number of methoxy groups -OCH3 is 1. The van der Waals surface area contributed by atoms with E-state index in [0.29, 0.717) is 18.7 Å². The number of carbonyl (C=O) groups is 1. The topological polar surface area (TPSA) is 47.6 Å². The Bertz CT molecular complexity index is 571. The first-order valence-corrected chi connectivity index (χ1v) is 13.6. The molecule has 0 saturated heterocycles. The molecule has 0 fully saturated rings. The third-order valence-corrected chi connectivity index (χ3v) is 6.12. The maximum absolute atomic E-state index is 12.1. The third-order valence-electron chi connectivity index (χ3n) is 6.12. The Kier molecular flexibility index (Phi) is 18.8. The molecule has 0 radical (unpaired) electrons. The van der Waals surface area contributed by atoms with Crippen molar-refractivity contribution in [3.8, 4) is 5.75 Å². The van der Waals surface area contributed by atoms with Crippen LogP contribution in [0.5, 0.6) is 5.75 Å². The zero-order valence-electron chi connectivity index (χ0n) is 21.8. The van der Waals surface area contributed by atoms with Crippen LogP contribution in [0.25, 0.3) is 0 Å². The monoisotopic (exact) mass is 461 g/mol. The Balaban J connectivity index is 1.89. The van der Waals surface area contributed by atoms with Crippen molar-refractivity contribution in [2.24, 2.45) is 5.92 Å². The Morgan fingerprint density at radius 1 is 0.727 bits per heavy atom. The number of carbonyl (C=O) groups excluding carboxylic acids is 1. The third kappa shape index (κ3) is 17.6. The summed E-state index contributed by atoms with van der Waals surface area (Å²) in [6, 6.07) is 7.42. The van der Waals surface area contributed by atoms with Crippen LogP contribution in [0.4, 0.5) is 0 Å². The van der Waals surface area contributed by atoms with Gasteiger partial charge in [0.25, 0.3) is 5.91 Å². The molecule has 0 unspecified atom stereocenters. The number of rotatable bonds is 22. The predicted molar refractivity (Wildman–Crippen MR) is 140 cm³/mol. The van der Waals surface area contributed by atoms with E-state index in [1.54, 1.807) is 7.11 Å². The molecule has 1 rings (SSSR count). The van der Waals surface area contributed by atoms with Crippen molar-refractivity contribution < 1.29 is 14.3 Å². The summed E-state index contributed by atoms with van der Waals surface area (Å²) in [6.07, 6.45) is 20.0. The summed E-state index contributed by atoms with van der Waals surface area (Å²) in [5.74, 6) is 1.66.